The van der Waals surface area contributed by atoms with Crippen LogP contribution in [0.4, 0.5) is 0 Å². The average Bonchev–Trinajstić information content (AvgIpc) is 3.24. The predicted octanol–water partition coefficient (Wildman–Crippen LogP) is 0.116. The van der Waals surface area contributed by atoms with Gasteiger partial charge in [-0.05, 0) is 11.4 Å². The van der Waals surface area contributed by atoms with E-state index in [-0.39, 0.29) is 24.6 Å². The molecule has 11 heteroatoms. The van der Waals surface area contributed by atoms with Crippen LogP contribution in [0.5, 0.6) is 0 Å². The number of amides is 3. The van der Waals surface area contributed by atoms with E-state index in [9.17, 15) is 24.3 Å². The van der Waals surface area contributed by atoms with Gasteiger partial charge in [0.25, 0.3) is 5.91 Å². The summed E-state index contributed by atoms with van der Waals surface area (Å²) in [6.45, 7) is 0.250. The number of pyridine rings is 1. The van der Waals surface area contributed by atoms with Crippen LogP contribution in [0.3, 0.4) is 0 Å². The van der Waals surface area contributed by atoms with Gasteiger partial charge in [0.05, 0.1) is 12.0 Å². The molecule has 2 aromatic heterocycles. The first-order chi connectivity index (χ1) is 14.8. The van der Waals surface area contributed by atoms with Crippen LogP contribution in [0.25, 0.3) is 0 Å². The first kappa shape index (κ1) is 21.1. The van der Waals surface area contributed by atoms with Crippen molar-refractivity contribution in [3.63, 3.8) is 0 Å². The average molecular weight is 460 g/mol. The zero-order chi connectivity index (χ0) is 22.1. The van der Waals surface area contributed by atoms with Crippen LogP contribution < -0.4 is 15.6 Å². The molecular weight excluding hydrogens is 440 g/mol. The van der Waals surface area contributed by atoms with E-state index in [1.807, 2.05) is 17.5 Å². The number of hydrogen-bond acceptors (Lipinski definition) is 6. The number of carboxylic acid groups (broad SMARTS) is 1. The van der Waals surface area contributed by atoms with Gasteiger partial charge in [0, 0.05) is 28.3 Å². The van der Waals surface area contributed by atoms with Gasteiger partial charge in [-0.15, -0.1) is 23.1 Å². The molecule has 31 heavy (non-hydrogen) atoms. The number of rotatable bonds is 7. The van der Waals surface area contributed by atoms with Crippen molar-refractivity contribution in [2.45, 2.75) is 24.4 Å². The summed E-state index contributed by atoms with van der Waals surface area (Å²) in [7, 11) is 0. The summed E-state index contributed by atoms with van der Waals surface area (Å²) in [4.78, 5) is 50.3. The maximum Gasteiger partial charge on any atom is 0.352 e. The van der Waals surface area contributed by atoms with E-state index >= 15 is 0 Å². The number of thiophene rings is 1. The van der Waals surface area contributed by atoms with E-state index in [4.69, 9.17) is 5.73 Å². The van der Waals surface area contributed by atoms with Gasteiger partial charge in [0.2, 0.25) is 11.8 Å². The molecule has 1 fully saturated rings. The Morgan fingerprint density at radius 2 is 2.00 bits per heavy atom. The second kappa shape index (κ2) is 8.52. The number of thioether (sulfide) groups is 1. The molecule has 0 saturated carbocycles. The molecule has 1 unspecified atom stereocenters. The minimum atomic E-state index is -1.19. The third-order valence-corrected chi connectivity index (χ3v) is 7.25. The summed E-state index contributed by atoms with van der Waals surface area (Å²) < 4.78 is 1.72. The summed E-state index contributed by atoms with van der Waals surface area (Å²) >= 11 is 2.88. The third-order valence-electron chi connectivity index (χ3n) is 5.03. The monoisotopic (exact) mass is 459 g/mol. The Balaban J connectivity index is 1.48. The fraction of sp³-hybridized carbons (Fsp3) is 0.250. The Kier molecular flexibility index (Phi) is 5.79. The van der Waals surface area contributed by atoms with Crippen molar-refractivity contribution in [1.29, 1.82) is 0 Å². The smallest absolute Gasteiger partial charge is 0.352 e. The van der Waals surface area contributed by atoms with Crippen LogP contribution >= 0.6 is 23.1 Å². The fourth-order valence-electron chi connectivity index (χ4n) is 3.55. The lowest BCUT2D eigenvalue weighted by Crippen LogP contribution is -2.70. The van der Waals surface area contributed by atoms with E-state index in [1.165, 1.54) is 28.0 Å². The van der Waals surface area contributed by atoms with Gasteiger partial charge >= 0.3 is 5.97 Å². The topological polar surface area (TPSA) is 134 Å². The second-order valence-electron chi connectivity index (χ2n) is 7.09. The Hall–Kier alpha value is -3.18. The molecule has 4 rings (SSSR count). The SMILES string of the molecule is NC(=O)c1cc[n+](CC2=C(C(=O)O)N3C(=O)C(NC(=O)Cc4cccs4)[C@@H]3SC2)cc1. The van der Waals surface area contributed by atoms with Crippen molar-refractivity contribution in [3.8, 4) is 0 Å². The molecular formula is C20H19N4O5S2+. The first-order valence-electron chi connectivity index (χ1n) is 9.36. The second-order valence-corrected chi connectivity index (χ2v) is 9.23. The van der Waals surface area contributed by atoms with Crippen molar-refractivity contribution < 1.29 is 28.9 Å². The number of fused-ring (bicyclic) bond motifs is 1. The Morgan fingerprint density at radius 1 is 1.26 bits per heavy atom. The summed E-state index contributed by atoms with van der Waals surface area (Å²) in [5.41, 5.74) is 6.11. The van der Waals surface area contributed by atoms with E-state index in [0.717, 1.165) is 4.88 Å². The molecule has 2 aliphatic rings. The van der Waals surface area contributed by atoms with Gasteiger partial charge in [0.1, 0.15) is 17.1 Å². The van der Waals surface area contributed by atoms with Crippen LogP contribution in [-0.4, -0.2) is 50.9 Å². The minimum absolute atomic E-state index is 0.0519. The summed E-state index contributed by atoms with van der Waals surface area (Å²) in [5.74, 6) is -2.03. The molecule has 9 nitrogen and oxygen atoms in total. The number of carbonyl (C=O) groups is 4. The number of nitrogens with zero attached hydrogens (tertiary/aromatic N) is 2. The molecule has 0 radical (unpaired) electrons. The molecule has 0 aliphatic carbocycles. The van der Waals surface area contributed by atoms with Gasteiger partial charge < -0.3 is 16.2 Å². The van der Waals surface area contributed by atoms with E-state index in [0.29, 0.717) is 16.9 Å². The normalized spacial score (nSPS) is 20.1. The molecule has 4 heterocycles. The zero-order valence-electron chi connectivity index (χ0n) is 16.2. The number of aliphatic carboxylic acids is 1. The van der Waals surface area contributed by atoms with Gasteiger partial charge in [-0.1, -0.05) is 6.07 Å². The van der Waals surface area contributed by atoms with E-state index < -0.39 is 29.2 Å². The highest BCUT2D eigenvalue weighted by Crippen LogP contribution is 2.40. The van der Waals surface area contributed by atoms with E-state index in [1.54, 1.807) is 29.1 Å². The van der Waals surface area contributed by atoms with Crippen LogP contribution in [0.15, 0.2) is 53.3 Å². The van der Waals surface area contributed by atoms with E-state index in [2.05, 4.69) is 5.32 Å². The largest absolute Gasteiger partial charge is 0.477 e. The zero-order valence-corrected chi connectivity index (χ0v) is 17.8. The molecule has 0 spiro atoms. The van der Waals surface area contributed by atoms with Crippen molar-refractivity contribution in [2.75, 3.05) is 5.75 Å². The predicted molar refractivity (Wildman–Crippen MR) is 113 cm³/mol. The Bertz CT molecular complexity index is 1080. The third kappa shape index (κ3) is 4.19. The van der Waals surface area contributed by atoms with Gasteiger partial charge in [0.15, 0.2) is 18.9 Å². The highest BCUT2D eigenvalue weighted by Gasteiger charge is 2.54. The van der Waals surface area contributed by atoms with Crippen molar-refractivity contribution in [2.24, 2.45) is 5.73 Å². The maximum atomic E-state index is 12.7. The number of carboxylic acids is 1. The Morgan fingerprint density at radius 3 is 2.61 bits per heavy atom. The lowest BCUT2D eigenvalue weighted by atomic mass is 10.0. The number of primary amides is 1. The van der Waals surface area contributed by atoms with Crippen molar-refractivity contribution in [3.05, 3.63) is 63.7 Å². The van der Waals surface area contributed by atoms with Crippen LogP contribution in [0, 0.1) is 0 Å². The number of carbonyl (C=O) groups excluding carboxylic acids is 3. The van der Waals surface area contributed by atoms with Crippen LogP contribution in [-0.2, 0) is 27.3 Å². The van der Waals surface area contributed by atoms with Crippen molar-refractivity contribution >= 4 is 46.8 Å². The molecule has 2 aromatic rings. The number of hydrogen-bond donors (Lipinski definition) is 3. The van der Waals surface area contributed by atoms with Gasteiger partial charge in [-0.3, -0.25) is 19.3 Å². The highest BCUT2D eigenvalue weighted by atomic mass is 32.2. The van der Waals surface area contributed by atoms with Crippen LogP contribution in [0.2, 0.25) is 0 Å². The van der Waals surface area contributed by atoms with Crippen molar-refractivity contribution in [1.82, 2.24) is 10.2 Å². The summed E-state index contributed by atoms with van der Waals surface area (Å²) in [6, 6.07) is 6.06. The summed E-state index contributed by atoms with van der Waals surface area (Å²) in [5, 5.41) is 13.9. The Labute approximate surface area is 185 Å². The molecule has 1 saturated heterocycles. The number of nitrogens with two attached hydrogens (primary N) is 1. The quantitative estimate of drug-likeness (QED) is 0.398. The first-order valence-corrected chi connectivity index (χ1v) is 11.3. The molecule has 0 bridgehead atoms. The van der Waals surface area contributed by atoms with Gasteiger partial charge in [-0.2, -0.15) is 0 Å². The molecule has 4 N–H and O–H groups in total. The molecule has 2 atom stereocenters. The number of β-lactam (4-membered cyclic amide) rings is 1. The number of nitrogens with one attached hydrogen (secondary N) is 1. The molecule has 160 valence electrons. The van der Waals surface area contributed by atoms with Crippen LogP contribution in [0.1, 0.15) is 15.2 Å². The lowest BCUT2D eigenvalue weighted by Gasteiger charge is -2.49. The summed E-state index contributed by atoms with van der Waals surface area (Å²) in [6.07, 6.45) is 3.45. The molecule has 2 aliphatic heterocycles. The lowest BCUT2D eigenvalue weighted by molar-refractivity contribution is -0.689. The fourth-order valence-corrected chi connectivity index (χ4v) is 5.59. The molecule has 0 aromatic carbocycles. The number of aromatic nitrogens is 1. The molecule has 3 amide bonds. The standard InChI is InChI=1S/C20H18N4O5S2/c21-17(26)11-3-5-23(6-4-11)9-12-10-31-19-15(18(27)24(19)16(12)20(28)29)22-14(25)8-13-2-1-7-30-13/h1-7,15,19H,8-10H2,(H3-,21,22,25,26,28,29)/p+1/t15?,19-/m0/s1. The maximum absolute atomic E-state index is 12.7. The van der Waals surface area contributed by atoms with Gasteiger partial charge in [-0.25, -0.2) is 9.36 Å². The minimum Gasteiger partial charge on any atom is -0.477 e. The highest BCUT2D eigenvalue weighted by molar-refractivity contribution is 8.00.